The van der Waals surface area contributed by atoms with Crippen LogP contribution in [0.4, 0.5) is 5.69 Å². The summed E-state index contributed by atoms with van der Waals surface area (Å²) < 4.78 is 10.9. The van der Waals surface area contributed by atoms with E-state index in [0.717, 1.165) is 0 Å². The third-order valence-corrected chi connectivity index (χ3v) is 5.36. The third-order valence-electron chi connectivity index (χ3n) is 5.36. The van der Waals surface area contributed by atoms with Gasteiger partial charge in [-0.3, -0.25) is 9.59 Å². The fraction of sp³-hybridized carbons (Fsp3) is 0.421. The summed E-state index contributed by atoms with van der Waals surface area (Å²) in [7, 11) is 0. The second-order valence-electron chi connectivity index (χ2n) is 7.04. The number of ether oxygens (including phenoxy) is 2. The Kier molecular flexibility index (Phi) is 3.22. The van der Waals surface area contributed by atoms with Crippen molar-refractivity contribution in [3.05, 3.63) is 42.0 Å². The second-order valence-corrected chi connectivity index (χ2v) is 7.04. The van der Waals surface area contributed by atoms with E-state index in [2.05, 4.69) is 0 Å². The Hall–Kier alpha value is -2.47. The number of carbonyl (C=O) groups excluding carboxylic acids is 3. The highest BCUT2D eigenvalue weighted by atomic mass is 16.5. The molecule has 25 heavy (non-hydrogen) atoms. The summed E-state index contributed by atoms with van der Waals surface area (Å²) in [4.78, 5) is 38.9. The zero-order valence-corrected chi connectivity index (χ0v) is 14.3. The normalized spacial score (nSPS) is 35.4. The number of esters is 1. The Morgan fingerprint density at radius 1 is 1.08 bits per heavy atom. The summed E-state index contributed by atoms with van der Waals surface area (Å²) in [5, 5.41) is 0. The smallest absolute Gasteiger partial charge is 0.338 e. The molecule has 3 aliphatic rings. The Morgan fingerprint density at radius 2 is 1.60 bits per heavy atom. The minimum absolute atomic E-state index is 0.255. The molecule has 2 saturated heterocycles. The van der Waals surface area contributed by atoms with Gasteiger partial charge in [0.15, 0.2) is 0 Å². The summed E-state index contributed by atoms with van der Waals surface area (Å²) in [5.74, 6) is -1.97. The predicted molar refractivity (Wildman–Crippen MR) is 88.9 cm³/mol. The SMILES string of the molecule is CCOC(=O)c1ccc(N2C(=O)[C@@H]3[C@H](C2=O)[C@]2(C)C=C[C@]3(C)O2)cc1. The maximum Gasteiger partial charge on any atom is 0.338 e. The first-order valence-corrected chi connectivity index (χ1v) is 8.36. The molecular formula is C19H19NO5. The number of hydrogen-bond donors (Lipinski definition) is 0. The molecule has 0 unspecified atom stereocenters. The first-order chi connectivity index (χ1) is 11.8. The molecule has 1 aromatic carbocycles. The lowest BCUT2D eigenvalue weighted by molar-refractivity contribution is -0.128. The maximum atomic E-state index is 13.0. The van der Waals surface area contributed by atoms with Crippen molar-refractivity contribution in [2.75, 3.05) is 11.5 Å². The fourth-order valence-corrected chi connectivity index (χ4v) is 4.25. The molecule has 4 atom stereocenters. The quantitative estimate of drug-likeness (QED) is 0.478. The molecule has 2 fully saturated rings. The van der Waals surface area contributed by atoms with Crippen molar-refractivity contribution < 1.29 is 23.9 Å². The van der Waals surface area contributed by atoms with Crippen molar-refractivity contribution in [1.29, 1.82) is 0 Å². The van der Waals surface area contributed by atoms with E-state index in [-0.39, 0.29) is 18.4 Å². The summed E-state index contributed by atoms with van der Waals surface area (Å²) >= 11 is 0. The van der Waals surface area contributed by atoms with Gasteiger partial charge >= 0.3 is 5.97 Å². The van der Waals surface area contributed by atoms with Crippen LogP contribution in [0.1, 0.15) is 31.1 Å². The van der Waals surface area contributed by atoms with E-state index in [1.165, 1.54) is 4.90 Å². The maximum absolute atomic E-state index is 13.0. The van der Waals surface area contributed by atoms with Crippen LogP contribution >= 0.6 is 0 Å². The summed E-state index contributed by atoms with van der Waals surface area (Å²) in [6.45, 7) is 5.71. The molecule has 2 bridgehead atoms. The number of nitrogens with zero attached hydrogens (tertiary/aromatic N) is 1. The van der Waals surface area contributed by atoms with Crippen LogP contribution in [0.15, 0.2) is 36.4 Å². The highest BCUT2D eigenvalue weighted by Gasteiger charge is 2.70. The van der Waals surface area contributed by atoms with Gasteiger partial charge in [-0.2, -0.15) is 0 Å². The van der Waals surface area contributed by atoms with E-state index in [9.17, 15) is 14.4 Å². The van der Waals surface area contributed by atoms with E-state index in [1.54, 1.807) is 31.2 Å². The van der Waals surface area contributed by atoms with E-state index < -0.39 is 29.0 Å². The molecule has 1 aromatic rings. The van der Waals surface area contributed by atoms with Gasteiger partial charge in [0.1, 0.15) is 0 Å². The second kappa shape index (κ2) is 5.02. The average Bonchev–Trinajstić information content (AvgIpc) is 3.12. The standard InChI is InChI=1S/C19H19NO5/c1-4-24-17(23)11-5-7-12(8-6-11)20-15(21)13-14(16(20)22)19(3)10-9-18(13,2)25-19/h5-10,13-14H,4H2,1-3H3/t13-,14+,18-,19-/m0/s1. The predicted octanol–water partition coefficient (Wildman–Crippen LogP) is 2.09. The average molecular weight is 341 g/mol. The van der Waals surface area contributed by atoms with Gasteiger partial charge in [0.05, 0.1) is 40.9 Å². The van der Waals surface area contributed by atoms with E-state index in [0.29, 0.717) is 11.3 Å². The molecule has 0 aromatic heterocycles. The topological polar surface area (TPSA) is 72.9 Å². The summed E-state index contributed by atoms with van der Waals surface area (Å²) in [6.07, 6.45) is 3.76. The van der Waals surface area contributed by atoms with Gasteiger partial charge in [0.25, 0.3) is 0 Å². The van der Waals surface area contributed by atoms with Crippen LogP contribution in [0.25, 0.3) is 0 Å². The van der Waals surface area contributed by atoms with Gasteiger partial charge in [0.2, 0.25) is 11.8 Å². The highest BCUT2D eigenvalue weighted by Crippen LogP contribution is 2.57. The van der Waals surface area contributed by atoms with Crippen LogP contribution in [0.3, 0.4) is 0 Å². The van der Waals surface area contributed by atoms with Crippen molar-refractivity contribution in [3.63, 3.8) is 0 Å². The number of fused-ring (bicyclic) bond motifs is 5. The Bertz CT molecular complexity index is 778. The van der Waals surface area contributed by atoms with Crippen LogP contribution < -0.4 is 4.90 Å². The Labute approximate surface area is 145 Å². The van der Waals surface area contributed by atoms with Gasteiger partial charge < -0.3 is 9.47 Å². The van der Waals surface area contributed by atoms with Crippen molar-refractivity contribution in [2.45, 2.75) is 32.0 Å². The molecule has 4 rings (SSSR count). The number of imide groups is 1. The number of anilines is 1. The van der Waals surface area contributed by atoms with E-state index in [1.807, 2.05) is 26.0 Å². The van der Waals surface area contributed by atoms with Crippen molar-refractivity contribution in [1.82, 2.24) is 0 Å². The minimum Gasteiger partial charge on any atom is -0.462 e. The molecule has 0 spiro atoms. The number of benzene rings is 1. The van der Waals surface area contributed by atoms with Crippen molar-refractivity contribution in [2.24, 2.45) is 11.8 Å². The monoisotopic (exact) mass is 341 g/mol. The van der Waals surface area contributed by atoms with Crippen LogP contribution in [0, 0.1) is 11.8 Å². The minimum atomic E-state index is -0.744. The van der Waals surface area contributed by atoms with Crippen LogP contribution in [0.5, 0.6) is 0 Å². The largest absolute Gasteiger partial charge is 0.462 e. The number of rotatable bonds is 3. The molecule has 0 saturated carbocycles. The number of carbonyl (C=O) groups is 3. The summed E-state index contributed by atoms with van der Waals surface area (Å²) in [6, 6.07) is 6.33. The number of hydrogen-bond acceptors (Lipinski definition) is 5. The zero-order valence-electron chi connectivity index (χ0n) is 14.3. The van der Waals surface area contributed by atoms with E-state index in [4.69, 9.17) is 9.47 Å². The highest BCUT2D eigenvalue weighted by molar-refractivity contribution is 6.23. The molecular weight excluding hydrogens is 322 g/mol. The third kappa shape index (κ3) is 2.03. The van der Waals surface area contributed by atoms with Crippen LogP contribution in [-0.4, -0.2) is 35.6 Å². The zero-order chi connectivity index (χ0) is 18.0. The molecule has 6 heteroatoms. The molecule has 3 heterocycles. The van der Waals surface area contributed by atoms with Crippen LogP contribution in [-0.2, 0) is 19.1 Å². The molecule has 130 valence electrons. The van der Waals surface area contributed by atoms with Crippen molar-refractivity contribution in [3.8, 4) is 0 Å². The van der Waals surface area contributed by atoms with Gasteiger partial charge in [-0.15, -0.1) is 0 Å². The fourth-order valence-electron chi connectivity index (χ4n) is 4.25. The lowest BCUT2D eigenvalue weighted by Gasteiger charge is -2.25. The van der Waals surface area contributed by atoms with E-state index >= 15 is 0 Å². The molecule has 6 nitrogen and oxygen atoms in total. The first kappa shape index (κ1) is 16.0. The molecule has 2 amide bonds. The molecule has 0 aliphatic carbocycles. The Balaban J connectivity index is 1.66. The molecule has 0 N–H and O–H groups in total. The lowest BCUT2D eigenvalue weighted by atomic mass is 9.73. The van der Waals surface area contributed by atoms with Gasteiger partial charge in [-0.1, -0.05) is 12.2 Å². The first-order valence-electron chi connectivity index (χ1n) is 8.36. The molecule has 3 aliphatic heterocycles. The van der Waals surface area contributed by atoms with Gasteiger partial charge in [-0.05, 0) is 45.0 Å². The van der Waals surface area contributed by atoms with Gasteiger partial charge in [0, 0.05) is 0 Å². The summed E-state index contributed by atoms with van der Waals surface area (Å²) in [5.41, 5.74) is -0.643. The lowest BCUT2D eigenvalue weighted by Crippen LogP contribution is -2.39. The Morgan fingerprint density at radius 3 is 2.08 bits per heavy atom. The number of amides is 2. The van der Waals surface area contributed by atoms with Gasteiger partial charge in [-0.25, -0.2) is 9.69 Å². The van der Waals surface area contributed by atoms with Crippen LogP contribution in [0.2, 0.25) is 0 Å². The molecule has 0 radical (unpaired) electrons. The van der Waals surface area contributed by atoms with Crippen molar-refractivity contribution >= 4 is 23.5 Å².